The molecule has 5 heteroatoms. The van der Waals surface area contributed by atoms with Gasteiger partial charge in [0.25, 0.3) is 5.91 Å². The van der Waals surface area contributed by atoms with Crippen molar-refractivity contribution >= 4 is 11.7 Å². The molecule has 1 aromatic rings. The average Bonchev–Trinajstić information content (AvgIpc) is 2.38. The maximum Gasteiger partial charge on any atom is 0.270 e. The van der Waals surface area contributed by atoms with Crippen molar-refractivity contribution in [2.75, 3.05) is 32.5 Å². The van der Waals surface area contributed by atoms with E-state index in [0.29, 0.717) is 11.6 Å². The Morgan fingerprint density at radius 3 is 2.60 bits per heavy atom. The van der Waals surface area contributed by atoms with Crippen LogP contribution in [0.2, 0.25) is 0 Å². The second-order valence-corrected chi connectivity index (χ2v) is 5.52. The largest absolute Gasteiger partial charge is 0.370 e. The predicted octanol–water partition coefficient (Wildman–Crippen LogP) is 1.83. The Labute approximate surface area is 121 Å². The van der Waals surface area contributed by atoms with E-state index in [9.17, 15) is 4.79 Å². The molecule has 0 aliphatic rings. The lowest BCUT2D eigenvalue weighted by atomic mass is 10.0. The van der Waals surface area contributed by atoms with Gasteiger partial charge in [-0.2, -0.15) is 0 Å². The number of pyridine rings is 1. The van der Waals surface area contributed by atoms with Crippen molar-refractivity contribution in [3.05, 3.63) is 23.9 Å². The molecule has 5 nitrogen and oxygen atoms in total. The van der Waals surface area contributed by atoms with Gasteiger partial charge in [0.2, 0.25) is 0 Å². The molecule has 1 aromatic heterocycles. The van der Waals surface area contributed by atoms with E-state index in [1.54, 1.807) is 6.07 Å². The summed E-state index contributed by atoms with van der Waals surface area (Å²) >= 11 is 0. The lowest BCUT2D eigenvalue weighted by molar-refractivity contribution is 0.0911. The van der Waals surface area contributed by atoms with E-state index in [2.05, 4.69) is 34.4 Å². The minimum Gasteiger partial charge on any atom is -0.370 e. The van der Waals surface area contributed by atoms with Gasteiger partial charge in [0.15, 0.2) is 0 Å². The molecule has 0 saturated heterocycles. The smallest absolute Gasteiger partial charge is 0.270 e. The molecule has 1 atom stereocenters. The van der Waals surface area contributed by atoms with Crippen LogP contribution < -0.4 is 10.6 Å². The lowest BCUT2D eigenvalue weighted by Gasteiger charge is -2.25. The number of amides is 1. The zero-order valence-electron chi connectivity index (χ0n) is 13.1. The van der Waals surface area contributed by atoms with Crippen molar-refractivity contribution in [2.45, 2.75) is 26.8 Å². The van der Waals surface area contributed by atoms with Crippen LogP contribution in [0.5, 0.6) is 0 Å². The Kier molecular flexibility index (Phi) is 6.45. The van der Waals surface area contributed by atoms with Crippen LogP contribution in [0.15, 0.2) is 18.2 Å². The third-order valence-corrected chi connectivity index (χ3v) is 3.02. The van der Waals surface area contributed by atoms with Crippen LogP contribution >= 0.6 is 0 Å². The molecule has 0 aliphatic heterocycles. The number of carbonyl (C=O) groups is 1. The molecular weight excluding hydrogens is 252 g/mol. The van der Waals surface area contributed by atoms with Gasteiger partial charge in [0, 0.05) is 19.1 Å². The Balaban J connectivity index is 2.75. The van der Waals surface area contributed by atoms with Gasteiger partial charge in [-0.15, -0.1) is 0 Å². The van der Waals surface area contributed by atoms with Crippen LogP contribution in [0, 0.1) is 5.92 Å². The van der Waals surface area contributed by atoms with Gasteiger partial charge in [-0.1, -0.05) is 19.9 Å². The molecule has 0 fully saturated rings. The summed E-state index contributed by atoms with van der Waals surface area (Å²) in [6.07, 6.45) is 0. The van der Waals surface area contributed by atoms with Gasteiger partial charge in [-0.25, -0.2) is 4.98 Å². The lowest BCUT2D eigenvalue weighted by Crippen LogP contribution is -2.45. The summed E-state index contributed by atoms with van der Waals surface area (Å²) in [5.41, 5.74) is 0.452. The first kappa shape index (κ1) is 16.4. The summed E-state index contributed by atoms with van der Waals surface area (Å²) in [6, 6.07) is 5.56. The molecule has 1 rings (SSSR count). The second kappa shape index (κ2) is 7.85. The highest BCUT2D eigenvalue weighted by Crippen LogP contribution is 2.07. The fraction of sp³-hybridized carbons (Fsp3) is 0.600. The first-order chi connectivity index (χ1) is 9.43. The van der Waals surface area contributed by atoms with Crippen molar-refractivity contribution in [1.29, 1.82) is 0 Å². The van der Waals surface area contributed by atoms with Crippen molar-refractivity contribution in [3.63, 3.8) is 0 Å². The standard InChI is InChI=1S/C15H26N4O/c1-6-16-14-9-7-8-12(17-14)15(20)18-13(11(2)3)10-19(4)5/h7-9,11,13H,6,10H2,1-5H3,(H,16,17)(H,18,20). The predicted molar refractivity (Wildman–Crippen MR) is 83.0 cm³/mol. The van der Waals surface area contributed by atoms with Gasteiger partial charge in [-0.3, -0.25) is 4.79 Å². The number of hydrogen-bond acceptors (Lipinski definition) is 4. The molecule has 0 bridgehead atoms. The molecule has 1 heterocycles. The molecule has 1 amide bonds. The van der Waals surface area contributed by atoms with Crippen molar-refractivity contribution in [3.8, 4) is 0 Å². The van der Waals surface area contributed by atoms with Crippen LogP contribution in [0.1, 0.15) is 31.3 Å². The van der Waals surface area contributed by atoms with E-state index >= 15 is 0 Å². The Hall–Kier alpha value is -1.62. The fourth-order valence-corrected chi connectivity index (χ4v) is 1.90. The van der Waals surface area contributed by atoms with Crippen molar-refractivity contribution in [1.82, 2.24) is 15.2 Å². The topological polar surface area (TPSA) is 57.3 Å². The van der Waals surface area contributed by atoms with Crippen molar-refractivity contribution in [2.24, 2.45) is 5.92 Å². The minimum absolute atomic E-state index is 0.113. The normalized spacial score (nSPS) is 12.6. The molecule has 20 heavy (non-hydrogen) atoms. The number of nitrogens with one attached hydrogen (secondary N) is 2. The van der Waals surface area contributed by atoms with Crippen LogP contribution in [0.4, 0.5) is 5.82 Å². The Morgan fingerprint density at radius 1 is 1.35 bits per heavy atom. The molecule has 2 N–H and O–H groups in total. The van der Waals surface area contributed by atoms with Gasteiger partial charge in [-0.05, 0) is 39.1 Å². The third kappa shape index (κ3) is 5.17. The molecule has 0 radical (unpaired) electrons. The number of nitrogens with zero attached hydrogens (tertiary/aromatic N) is 2. The highest BCUT2D eigenvalue weighted by Gasteiger charge is 2.18. The second-order valence-electron chi connectivity index (χ2n) is 5.52. The van der Waals surface area contributed by atoms with Crippen LogP contribution in [0.3, 0.4) is 0 Å². The molecule has 0 spiro atoms. The van der Waals surface area contributed by atoms with E-state index in [1.807, 2.05) is 33.2 Å². The summed E-state index contributed by atoms with van der Waals surface area (Å²) in [6.45, 7) is 7.82. The monoisotopic (exact) mass is 278 g/mol. The number of carbonyl (C=O) groups excluding carboxylic acids is 1. The first-order valence-electron chi connectivity index (χ1n) is 7.10. The Bertz CT molecular complexity index is 432. The van der Waals surface area contributed by atoms with E-state index in [1.165, 1.54) is 0 Å². The van der Waals surface area contributed by atoms with Gasteiger partial charge < -0.3 is 15.5 Å². The summed E-state index contributed by atoms with van der Waals surface area (Å²) in [7, 11) is 4.01. The SMILES string of the molecule is CCNc1cccc(C(=O)NC(CN(C)C)C(C)C)n1. The zero-order valence-corrected chi connectivity index (χ0v) is 13.1. The van der Waals surface area contributed by atoms with Crippen molar-refractivity contribution < 1.29 is 4.79 Å². The van der Waals surface area contributed by atoms with Crippen LogP contribution in [-0.4, -0.2) is 49.0 Å². The number of anilines is 1. The maximum atomic E-state index is 12.3. The summed E-state index contributed by atoms with van der Waals surface area (Å²) in [5, 5.41) is 6.17. The van der Waals surface area contributed by atoms with E-state index in [4.69, 9.17) is 0 Å². The molecule has 1 unspecified atom stereocenters. The molecule has 0 saturated carbocycles. The number of rotatable bonds is 7. The summed E-state index contributed by atoms with van der Waals surface area (Å²) in [4.78, 5) is 18.7. The van der Waals surface area contributed by atoms with E-state index in [-0.39, 0.29) is 11.9 Å². The van der Waals surface area contributed by atoms with Gasteiger partial charge in [0.1, 0.15) is 11.5 Å². The minimum atomic E-state index is -0.120. The summed E-state index contributed by atoms with van der Waals surface area (Å²) in [5.74, 6) is 0.984. The molecule has 112 valence electrons. The van der Waals surface area contributed by atoms with Gasteiger partial charge >= 0.3 is 0 Å². The third-order valence-electron chi connectivity index (χ3n) is 3.02. The van der Waals surface area contributed by atoms with Gasteiger partial charge in [0.05, 0.1) is 0 Å². The molecule has 0 aliphatic carbocycles. The van der Waals surface area contributed by atoms with E-state index in [0.717, 1.165) is 18.9 Å². The highest BCUT2D eigenvalue weighted by molar-refractivity contribution is 5.92. The molecular formula is C15H26N4O. The Morgan fingerprint density at radius 2 is 2.05 bits per heavy atom. The number of likely N-dealkylation sites (N-methyl/N-ethyl adjacent to an activating group) is 1. The molecule has 0 aromatic carbocycles. The van der Waals surface area contributed by atoms with E-state index < -0.39 is 0 Å². The first-order valence-corrected chi connectivity index (χ1v) is 7.10. The fourth-order valence-electron chi connectivity index (χ4n) is 1.90. The quantitative estimate of drug-likeness (QED) is 0.799. The number of hydrogen-bond donors (Lipinski definition) is 2. The zero-order chi connectivity index (χ0) is 15.1. The maximum absolute atomic E-state index is 12.3. The van der Waals surface area contributed by atoms with Crippen LogP contribution in [0.25, 0.3) is 0 Å². The number of aromatic nitrogens is 1. The highest BCUT2D eigenvalue weighted by atomic mass is 16.1. The summed E-state index contributed by atoms with van der Waals surface area (Å²) < 4.78 is 0. The van der Waals surface area contributed by atoms with Crippen LogP contribution in [-0.2, 0) is 0 Å². The average molecular weight is 278 g/mol.